The Morgan fingerprint density at radius 2 is 2.00 bits per heavy atom. The highest BCUT2D eigenvalue weighted by molar-refractivity contribution is 5.91. The molecule has 1 atom stereocenters. The van der Waals surface area contributed by atoms with Crippen LogP contribution < -0.4 is 10.1 Å². The summed E-state index contributed by atoms with van der Waals surface area (Å²) in [7, 11) is 0. The van der Waals surface area contributed by atoms with Gasteiger partial charge in [-0.05, 0) is 36.8 Å². The van der Waals surface area contributed by atoms with E-state index in [0.717, 1.165) is 0 Å². The van der Waals surface area contributed by atoms with Crippen LogP contribution in [0.5, 0.6) is 5.75 Å². The minimum atomic E-state index is -1.00. The number of hydrogen-bond acceptors (Lipinski definition) is 4. The maximum absolute atomic E-state index is 12.0. The van der Waals surface area contributed by atoms with Crippen LogP contribution in [-0.2, 0) is 4.79 Å². The van der Waals surface area contributed by atoms with Crippen LogP contribution in [0.15, 0.2) is 47.1 Å². The second kappa shape index (κ2) is 7.31. The van der Waals surface area contributed by atoms with E-state index in [9.17, 15) is 9.59 Å². The lowest BCUT2D eigenvalue weighted by atomic mass is 10.0. The minimum absolute atomic E-state index is 0.140. The molecule has 0 aliphatic heterocycles. The third-order valence-electron chi connectivity index (χ3n) is 3.02. The van der Waals surface area contributed by atoms with Crippen LogP contribution in [0.3, 0.4) is 0 Å². The summed E-state index contributed by atoms with van der Waals surface area (Å²) in [5.41, 5.74) is 0.686. The van der Waals surface area contributed by atoms with Crippen molar-refractivity contribution in [2.75, 3.05) is 6.61 Å². The van der Waals surface area contributed by atoms with Crippen molar-refractivity contribution < 1.29 is 23.8 Å². The molecule has 0 radical (unpaired) electrons. The average Bonchev–Trinajstić information content (AvgIpc) is 3.01. The zero-order valence-electron chi connectivity index (χ0n) is 12.1. The van der Waals surface area contributed by atoms with Crippen molar-refractivity contribution in [2.24, 2.45) is 0 Å². The number of carboxylic acid groups (broad SMARTS) is 1. The Bertz CT molecular complexity index is 618. The van der Waals surface area contributed by atoms with Crippen LogP contribution in [0.4, 0.5) is 0 Å². The van der Waals surface area contributed by atoms with E-state index in [0.29, 0.717) is 17.9 Å². The van der Waals surface area contributed by atoms with Gasteiger partial charge in [-0.1, -0.05) is 12.1 Å². The topological polar surface area (TPSA) is 88.8 Å². The molecule has 2 rings (SSSR count). The van der Waals surface area contributed by atoms with Crippen LogP contribution >= 0.6 is 0 Å². The zero-order valence-corrected chi connectivity index (χ0v) is 12.1. The van der Waals surface area contributed by atoms with Gasteiger partial charge >= 0.3 is 5.97 Å². The van der Waals surface area contributed by atoms with Crippen molar-refractivity contribution in [3.63, 3.8) is 0 Å². The average molecular weight is 303 g/mol. The molecule has 2 N–H and O–H groups in total. The minimum Gasteiger partial charge on any atom is -0.494 e. The second-order valence-corrected chi connectivity index (χ2v) is 4.60. The monoisotopic (exact) mass is 303 g/mol. The fraction of sp³-hybridized carbons (Fsp3) is 0.250. The quantitative estimate of drug-likeness (QED) is 0.820. The van der Waals surface area contributed by atoms with Crippen LogP contribution in [0.1, 0.15) is 35.5 Å². The summed E-state index contributed by atoms with van der Waals surface area (Å²) in [5.74, 6) is -0.622. The number of aliphatic carboxylic acids is 1. The number of carbonyl (C=O) groups excluding carboxylic acids is 1. The number of carboxylic acids is 1. The molecule has 116 valence electrons. The van der Waals surface area contributed by atoms with E-state index < -0.39 is 17.9 Å². The van der Waals surface area contributed by atoms with Gasteiger partial charge in [0.25, 0.3) is 5.91 Å². The Hall–Kier alpha value is -2.76. The van der Waals surface area contributed by atoms with Gasteiger partial charge in [0.1, 0.15) is 5.75 Å². The Labute approximate surface area is 127 Å². The largest absolute Gasteiger partial charge is 0.494 e. The van der Waals surface area contributed by atoms with Gasteiger partial charge in [0.05, 0.1) is 25.3 Å². The fourth-order valence-electron chi connectivity index (χ4n) is 2.03. The Kier molecular flexibility index (Phi) is 5.19. The summed E-state index contributed by atoms with van der Waals surface area (Å²) >= 11 is 0. The van der Waals surface area contributed by atoms with Gasteiger partial charge in [-0.3, -0.25) is 9.59 Å². The molecule has 0 aliphatic carbocycles. The Balaban J connectivity index is 2.14. The zero-order chi connectivity index (χ0) is 15.9. The van der Waals surface area contributed by atoms with Crippen LogP contribution in [0.2, 0.25) is 0 Å². The first-order valence-corrected chi connectivity index (χ1v) is 6.89. The van der Waals surface area contributed by atoms with Gasteiger partial charge in [-0.15, -0.1) is 0 Å². The standard InChI is InChI=1S/C16H17NO5/c1-2-21-12-7-5-11(6-8-12)13(10-15(18)19)17-16(20)14-4-3-9-22-14/h3-9,13H,2,10H2,1H3,(H,17,20)(H,18,19)/t13-/m1/s1. The number of rotatable bonds is 7. The summed E-state index contributed by atoms with van der Waals surface area (Å²) in [6.45, 7) is 2.43. The van der Waals surface area contributed by atoms with Crippen molar-refractivity contribution in [2.45, 2.75) is 19.4 Å². The maximum atomic E-state index is 12.0. The molecule has 0 aliphatic rings. The smallest absolute Gasteiger partial charge is 0.305 e. The highest BCUT2D eigenvalue weighted by Crippen LogP contribution is 2.21. The summed E-state index contributed by atoms with van der Waals surface area (Å²) in [6.07, 6.45) is 1.17. The lowest BCUT2D eigenvalue weighted by Gasteiger charge is -2.17. The summed E-state index contributed by atoms with van der Waals surface area (Å²) in [6, 6.07) is 9.43. The van der Waals surface area contributed by atoms with E-state index in [1.807, 2.05) is 6.92 Å². The van der Waals surface area contributed by atoms with E-state index in [2.05, 4.69) is 5.32 Å². The second-order valence-electron chi connectivity index (χ2n) is 4.60. The van der Waals surface area contributed by atoms with Gasteiger partial charge < -0.3 is 19.6 Å². The molecule has 0 fully saturated rings. The number of hydrogen-bond donors (Lipinski definition) is 2. The molecular formula is C16H17NO5. The Morgan fingerprint density at radius 3 is 2.55 bits per heavy atom. The van der Waals surface area contributed by atoms with E-state index in [4.69, 9.17) is 14.3 Å². The van der Waals surface area contributed by atoms with Crippen molar-refractivity contribution in [1.82, 2.24) is 5.32 Å². The number of amides is 1. The molecule has 1 aromatic carbocycles. The molecule has 1 aromatic heterocycles. The molecule has 22 heavy (non-hydrogen) atoms. The van der Waals surface area contributed by atoms with E-state index in [1.165, 1.54) is 12.3 Å². The van der Waals surface area contributed by atoms with E-state index >= 15 is 0 Å². The maximum Gasteiger partial charge on any atom is 0.305 e. The van der Waals surface area contributed by atoms with E-state index in [1.54, 1.807) is 30.3 Å². The van der Waals surface area contributed by atoms with Crippen molar-refractivity contribution in [3.8, 4) is 5.75 Å². The summed E-state index contributed by atoms with van der Waals surface area (Å²) in [5, 5.41) is 11.7. The molecule has 2 aromatic rings. The number of nitrogens with one attached hydrogen (secondary N) is 1. The first-order chi connectivity index (χ1) is 10.6. The number of furan rings is 1. The predicted octanol–water partition coefficient (Wildman–Crippen LogP) is 2.62. The summed E-state index contributed by atoms with van der Waals surface area (Å²) < 4.78 is 10.4. The molecule has 0 unspecified atom stereocenters. The molecule has 1 heterocycles. The van der Waals surface area contributed by atoms with Crippen LogP contribution in [0.25, 0.3) is 0 Å². The molecule has 0 saturated heterocycles. The first kappa shape index (κ1) is 15.6. The lowest BCUT2D eigenvalue weighted by molar-refractivity contribution is -0.137. The number of carbonyl (C=O) groups is 2. The molecular weight excluding hydrogens is 286 g/mol. The normalized spacial score (nSPS) is 11.7. The third-order valence-corrected chi connectivity index (χ3v) is 3.02. The van der Waals surface area contributed by atoms with Gasteiger partial charge in [0.2, 0.25) is 0 Å². The summed E-state index contributed by atoms with van der Waals surface area (Å²) in [4.78, 5) is 23.0. The Morgan fingerprint density at radius 1 is 1.27 bits per heavy atom. The van der Waals surface area contributed by atoms with Gasteiger partial charge in [-0.25, -0.2) is 0 Å². The van der Waals surface area contributed by atoms with Crippen LogP contribution in [-0.4, -0.2) is 23.6 Å². The highest BCUT2D eigenvalue weighted by Gasteiger charge is 2.20. The molecule has 0 saturated carbocycles. The van der Waals surface area contributed by atoms with Crippen molar-refractivity contribution in [1.29, 1.82) is 0 Å². The fourth-order valence-corrected chi connectivity index (χ4v) is 2.03. The van der Waals surface area contributed by atoms with E-state index in [-0.39, 0.29) is 12.2 Å². The van der Waals surface area contributed by atoms with Crippen molar-refractivity contribution >= 4 is 11.9 Å². The molecule has 6 nitrogen and oxygen atoms in total. The number of benzene rings is 1. The lowest BCUT2D eigenvalue weighted by Crippen LogP contribution is -2.29. The first-order valence-electron chi connectivity index (χ1n) is 6.89. The molecule has 1 amide bonds. The van der Waals surface area contributed by atoms with Gasteiger partial charge in [0.15, 0.2) is 5.76 Å². The predicted molar refractivity (Wildman–Crippen MR) is 78.8 cm³/mol. The van der Waals surface area contributed by atoms with Gasteiger partial charge in [-0.2, -0.15) is 0 Å². The van der Waals surface area contributed by atoms with Crippen LogP contribution in [0, 0.1) is 0 Å². The van der Waals surface area contributed by atoms with Gasteiger partial charge in [0, 0.05) is 0 Å². The molecule has 0 bridgehead atoms. The number of ether oxygens (including phenoxy) is 1. The SMILES string of the molecule is CCOc1ccc([C@@H](CC(=O)O)NC(=O)c2ccco2)cc1. The third kappa shape index (κ3) is 4.12. The highest BCUT2D eigenvalue weighted by atomic mass is 16.5. The molecule has 6 heteroatoms. The van der Waals surface area contributed by atoms with Crippen molar-refractivity contribution in [3.05, 3.63) is 54.0 Å². The molecule has 0 spiro atoms.